The topological polar surface area (TPSA) is 73.8 Å². The van der Waals surface area contributed by atoms with Gasteiger partial charge in [0.25, 0.3) is 5.79 Å². The Balaban J connectivity index is 7.49. The summed E-state index contributed by atoms with van der Waals surface area (Å²) in [6.45, 7) is 28.2. The second-order valence-corrected chi connectivity index (χ2v) is 12.7. The van der Waals surface area contributed by atoms with Crippen LogP contribution in [0.2, 0.25) is 0 Å². The average Bonchev–Trinajstić information content (AvgIpc) is 2.85. The van der Waals surface area contributed by atoms with Crippen LogP contribution in [0.4, 0.5) is 0 Å². The fraction of sp³-hybridized carbons (Fsp3) is 1.00. The van der Waals surface area contributed by atoms with Crippen LogP contribution in [0.25, 0.3) is 0 Å². The lowest BCUT2D eigenvalue weighted by Crippen LogP contribution is -2.76. The number of ether oxygens (including phenoxy) is 6. The van der Waals surface area contributed by atoms with Crippen molar-refractivity contribution in [3.63, 3.8) is 0 Å². The molecule has 4 atom stereocenters. The van der Waals surface area contributed by atoms with Gasteiger partial charge in [-0.25, -0.2) is 4.89 Å². The summed E-state index contributed by atoms with van der Waals surface area (Å²) in [7, 11) is 0. The second-order valence-electron chi connectivity index (χ2n) is 12.7. The van der Waals surface area contributed by atoms with Crippen LogP contribution in [-0.2, 0) is 38.2 Å². The van der Waals surface area contributed by atoms with Gasteiger partial charge in [-0.05, 0) is 80.1 Å². The molecular weight excluding hydrogens is 512 g/mol. The Kier molecular flexibility index (Phi) is 19.6. The van der Waals surface area contributed by atoms with Crippen molar-refractivity contribution in [2.45, 2.75) is 170 Å². The first-order valence-corrected chi connectivity index (χ1v) is 15.9. The van der Waals surface area contributed by atoms with Crippen molar-refractivity contribution in [3.8, 4) is 0 Å². The zero-order chi connectivity index (χ0) is 30.9. The predicted molar refractivity (Wildman–Crippen MR) is 161 cm³/mol. The Bertz CT molecular complexity index is 623. The smallest absolute Gasteiger partial charge is 0.371 e. The highest BCUT2D eigenvalue weighted by Gasteiger charge is 2.72. The average molecular weight is 579 g/mol. The highest BCUT2D eigenvalue weighted by molar-refractivity contribution is 5.03. The van der Waals surface area contributed by atoms with E-state index < -0.39 is 23.0 Å². The SMILES string of the molecule is CCCCCOOC(OCC(C)C)(OC(C)CC)C(OCCCC)(OC(C)(C)C)C(C)(COCCC)OC(C)C. The molecule has 0 bridgehead atoms. The third-order valence-electron chi connectivity index (χ3n) is 6.11. The van der Waals surface area contributed by atoms with E-state index in [9.17, 15) is 0 Å². The van der Waals surface area contributed by atoms with E-state index in [1.807, 2.05) is 48.5 Å². The molecule has 0 aromatic rings. The lowest BCUT2D eigenvalue weighted by Gasteiger charge is -2.56. The molecule has 0 aliphatic rings. The van der Waals surface area contributed by atoms with Crippen LogP contribution in [-0.4, -0.2) is 68.2 Å². The Morgan fingerprint density at radius 2 is 1.32 bits per heavy atom. The molecule has 8 heteroatoms. The fourth-order valence-corrected chi connectivity index (χ4v) is 4.15. The molecule has 0 amide bonds. The summed E-state index contributed by atoms with van der Waals surface area (Å²) < 4.78 is 40.3. The first-order valence-electron chi connectivity index (χ1n) is 15.9. The predicted octanol–water partition coefficient (Wildman–Crippen LogP) is 8.20. The Hall–Kier alpha value is -0.320. The molecule has 40 heavy (non-hydrogen) atoms. The Labute approximate surface area is 247 Å². The highest BCUT2D eigenvalue weighted by atomic mass is 17.3. The standard InChI is InChI=1S/C32H66O8/c1-14-18-20-23-36-40-32(35-24-26(5)6,38-28(9)17-4)31(34-22-19-15-2,39-29(10,11)12)30(13,37-27(7)8)25-33-21-16-3/h26-28H,14-25H2,1-13H3. The van der Waals surface area contributed by atoms with Crippen molar-refractivity contribution in [3.05, 3.63) is 0 Å². The van der Waals surface area contributed by atoms with E-state index in [2.05, 4.69) is 41.5 Å². The van der Waals surface area contributed by atoms with Gasteiger partial charge in [0.2, 0.25) is 0 Å². The molecule has 0 rings (SSSR count). The summed E-state index contributed by atoms with van der Waals surface area (Å²) >= 11 is 0. The summed E-state index contributed by atoms with van der Waals surface area (Å²) in [4.78, 5) is 12.3. The van der Waals surface area contributed by atoms with Crippen LogP contribution < -0.4 is 0 Å². The van der Waals surface area contributed by atoms with E-state index in [1.54, 1.807) is 0 Å². The number of rotatable bonds is 25. The van der Waals surface area contributed by atoms with Crippen molar-refractivity contribution in [1.82, 2.24) is 0 Å². The molecule has 4 unspecified atom stereocenters. The van der Waals surface area contributed by atoms with Gasteiger partial charge in [0, 0.05) is 6.61 Å². The number of unbranched alkanes of at least 4 members (excludes halogenated alkanes) is 3. The third-order valence-corrected chi connectivity index (χ3v) is 6.11. The van der Waals surface area contributed by atoms with Crippen molar-refractivity contribution in [2.75, 3.05) is 33.0 Å². The Morgan fingerprint density at radius 1 is 0.675 bits per heavy atom. The summed E-state index contributed by atoms with van der Waals surface area (Å²) in [5, 5.41) is 0. The molecule has 0 aromatic carbocycles. The molecule has 0 spiro atoms. The first kappa shape index (κ1) is 39.7. The third kappa shape index (κ3) is 13.3. The summed E-state index contributed by atoms with van der Waals surface area (Å²) in [6.07, 6.45) is 5.75. The van der Waals surface area contributed by atoms with Crippen LogP contribution in [0.5, 0.6) is 0 Å². The zero-order valence-electron chi connectivity index (χ0n) is 28.5. The van der Waals surface area contributed by atoms with Gasteiger partial charge in [0.05, 0.1) is 44.2 Å². The van der Waals surface area contributed by atoms with Gasteiger partial charge in [0.15, 0.2) is 5.60 Å². The van der Waals surface area contributed by atoms with Crippen molar-refractivity contribution >= 4 is 0 Å². The zero-order valence-corrected chi connectivity index (χ0v) is 28.5. The molecule has 0 saturated carbocycles. The summed E-state index contributed by atoms with van der Waals surface area (Å²) in [5.74, 6) is -3.51. The van der Waals surface area contributed by atoms with Gasteiger partial charge in [-0.15, -0.1) is 0 Å². The maximum Gasteiger partial charge on any atom is 0.371 e. The minimum absolute atomic E-state index is 0.164. The fourth-order valence-electron chi connectivity index (χ4n) is 4.15. The molecule has 0 aromatic heterocycles. The quantitative estimate of drug-likeness (QED) is 0.0464. The van der Waals surface area contributed by atoms with E-state index in [0.717, 1.165) is 38.5 Å². The van der Waals surface area contributed by atoms with Crippen molar-refractivity contribution in [1.29, 1.82) is 0 Å². The molecular formula is C32H66O8. The van der Waals surface area contributed by atoms with Crippen molar-refractivity contribution in [2.24, 2.45) is 5.92 Å². The van der Waals surface area contributed by atoms with Crippen LogP contribution in [0.3, 0.4) is 0 Å². The molecule has 0 saturated heterocycles. The van der Waals surface area contributed by atoms with E-state index in [0.29, 0.717) is 32.8 Å². The first-order chi connectivity index (χ1) is 18.7. The summed E-state index contributed by atoms with van der Waals surface area (Å²) in [5.41, 5.74) is -1.94. The van der Waals surface area contributed by atoms with Crippen LogP contribution >= 0.6 is 0 Å². The van der Waals surface area contributed by atoms with E-state index in [-0.39, 0.29) is 24.7 Å². The van der Waals surface area contributed by atoms with E-state index >= 15 is 0 Å². The van der Waals surface area contributed by atoms with Crippen molar-refractivity contribution < 1.29 is 38.2 Å². The van der Waals surface area contributed by atoms with E-state index in [1.165, 1.54) is 0 Å². The molecule has 0 fully saturated rings. The molecule has 242 valence electrons. The number of hydrogen-bond donors (Lipinski definition) is 0. The van der Waals surface area contributed by atoms with Gasteiger partial charge in [0.1, 0.15) is 0 Å². The maximum absolute atomic E-state index is 7.01. The number of hydrogen-bond acceptors (Lipinski definition) is 8. The monoisotopic (exact) mass is 578 g/mol. The maximum atomic E-state index is 7.01. The largest absolute Gasteiger partial charge is 0.378 e. The van der Waals surface area contributed by atoms with Gasteiger partial charge in [-0.1, -0.05) is 60.8 Å². The molecule has 0 heterocycles. The molecule has 0 radical (unpaired) electrons. The van der Waals surface area contributed by atoms with Crippen LogP contribution in [0.1, 0.15) is 135 Å². The normalized spacial score (nSPS) is 18.1. The van der Waals surface area contributed by atoms with Gasteiger partial charge >= 0.3 is 5.97 Å². The van der Waals surface area contributed by atoms with Gasteiger partial charge in [-0.2, -0.15) is 4.89 Å². The van der Waals surface area contributed by atoms with E-state index in [4.69, 9.17) is 38.2 Å². The van der Waals surface area contributed by atoms with Crippen LogP contribution in [0, 0.1) is 5.92 Å². The van der Waals surface area contributed by atoms with Gasteiger partial charge in [-0.3, -0.25) is 0 Å². The second kappa shape index (κ2) is 19.8. The van der Waals surface area contributed by atoms with Crippen LogP contribution in [0.15, 0.2) is 0 Å². The lowest BCUT2D eigenvalue weighted by atomic mass is 9.90. The lowest BCUT2D eigenvalue weighted by molar-refractivity contribution is -0.604. The highest BCUT2D eigenvalue weighted by Crippen LogP contribution is 2.48. The minimum atomic E-state index is -1.93. The van der Waals surface area contributed by atoms with Gasteiger partial charge < -0.3 is 28.4 Å². The molecule has 8 nitrogen and oxygen atoms in total. The molecule has 0 N–H and O–H groups in total. The summed E-state index contributed by atoms with van der Waals surface area (Å²) in [6, 6.07) is 0. The Morgan fingerprint density at radius 3 is 1.82 bits per heavy atom. The minimum Gasteiger partial charge on any atom is -0.378 e. The molecule has 0 aliphatic carbocycles. The molecule has 0 aliphatic heterocycles.